The van der Waals surface area contributed by atoms with Gasteiger partial charge in [-0.1, -0.05) is 0 Å². The van der Waals surface area contributed by atoms with Crippen LogP contribution in [0.25, 0.3) is 16.5 Å². The quantitative estimate of drug-likeness (QED) is 0.154. The number of rotatable bonds is 9. The van der Waals surface area contributed by atoms with Crippen LogP contribution in [0.15, 0.2) is 59.0 Å². The summed E-state index contributed by atoms with van der Waals surface area (Å²) in [5.74, 6) is -0.460. The monoisotopic (exact) mass is 438 g/mol. The summed E-state index contributed by atoms with van der Waals surface area (Å²) in [6.45, 7) is 1.92. The Morgan fingerprint density at radius 3 is 2.47 bits per heavy atom. The highest BCUT2D eigenvalue weighted by molar-refractivity contribution is 6.41. The first-order valence-corrected chi connectivity index (χ1v) is 9.67. The largest absolute Gasteiger partial charge is 0.497 e. The van der Waals surface area contributed by atoms with Gasteiger partial charge < -0.3 is 19.2 Å². The number of fused-ring (bicyclic) bond motifs is 1. The van der Waals surface area contributed by atoms with Crippen LogP contribution in [0.4, 0.5) is 0 Å². The number of ether oxygens (including phenoxy) is 2. The molecule has 0 spiro atoms. The second-order valence-corrected chi connectivity index (χ2v) is 6.78. The maximum Gasteiger partial charge on any atom is 0.291 e. The van der Waals surface area contributed by atoms with Crippen molar-refractivity contribution in [1.29, 1.82) is 0 Å². The van der Waals surface area contributed by atoms with Crippen molar-refractivity contribution in [2.24, 2.45) is 0 Å². The van der Waals surface area contributed by atoms with Crippen LogP contribution < -0.4 is 20.3 Å². The molecule has 9 heteroatoms. The van der Waals surface area contributed by atoms with Gasteiger partial charge in [-0.15, -0.1) is 0 Å². The molecule has 32 heavy (non-hydrogen) atoms. The molecule has 9 nitrogen and oxygen atoms in total. The van der Waals surface area contributed by atoms with E-state index in [4.69, 9.17) is 19.1 Å². The summed E-state index contributed by atoms with van der Waals surface area (Å²) in [7, 11) is 1.57. The highest BCUT2D eigenvalue weighted by Crippen LogP contribution is 2.27. The predicted molar refractivity (Wildman–Crippen MR) is 116 cm³/mol. The molecule has 166 valence electrons. The zero-order valence-electron chi connectivity index (χ0n) is 17.5. The van der Waals surface area contributed by atoms with Crippen molar-refractivity contribution in [1.82, 2.24) is 10.8 Å². The van der Waals surface area contributed by atoms with Gasteiger partial charge in [0.15, 0.2) is 0 Å². The molecule has 0 bridgehead atoms. The van der Waals surface area contributed by atoms with Crippen molar-refractivity contribution in [3.63, 3.8) is 0 Å². The molecule has 0 saturated carbocycles. The Kier molecular flexibility index (Phi) is 7.25. The fourth-order valence-electron chi connectivity index (χ4n) is 2.86. The van der Waals surface area contributed by atoms with E-state index in [1.54, 1.807) is 44.4 Å². The molecule has 0 aliphatic rings. The van der Waals surface area contributed by atoms with E-state index in [9.17, 15) is 14.4 Å². The van der Waals surface area contributed by atoms with Crippen LogP contribution in [0.5, 0.6) is 11.5 Å². The number of hydrogen-bond acceptors (Lipinski definition) is 7. The molecule has 3 aromatic rings. The molecular formula is C23H22N2O7. The number of carbonyl (C=O) groups is 3. The molecule has 0 radical (unpaired) electrons. The van der Waals surface area contributed by atoms with Gasteiger partial charge in [0.2, 0.25) is 5.78 Å². The third-order valence-corrected chi connectivity index (χ3v) is 4.56. The first-order chi connectivity index (χ1) is 15.4. The first-order valence-electron chi connectivity index (χ1n) is 9.67. The molecule has 3 N–H and O–H groups in total. The lowest BCUT2D eigenvalue weighted by molar-refractivity contribution is -0.135. The highest BCUT2D eigenvalue weighted by atomic mass is 16.5. The third-order valence-electron chi connectivity index (χ3n) is 4.56. The molecule has 0 aliphatic carbocycles. The number of methoxy groups -OCH3 is 1. The number of amides is 2. The van der Waals surface area contributed by atoms with Crippen molar-refractivity contribution < 1.29 is 33.5 Å². The van der Waals surface area contributed by atoms with E-state index in [1.165, 1.54) is 23.7 Å². The van der Waals surface area contributed by atoms with E-state index in [-0.39, 0.29) is 18.7 Å². The fourth-order valence-corrected chi connectivity index (χ4v) is 2.86. The number of allylic oxidation sites excluding steroid dienone is 1. The van der Waals surface area contributed by atoms with E-state index < -0.39 is 17.6 Å². The molecule has 1 heterocycles. The van der Waals surface area contributed by atoms with Gasteiger partial charge in [-0.25, -0.2) is 5.48 Å². The van der Waals surface area contributed by atoms with E-state index in [1.807, 2.05) is 6.07 Å². The van der Waals surface area contributed by atoms with Crippen LogP contribution in [-0.4, -0.2) is 43.1 Å². The van der Waals surface area contributed by atoms with Gasteiger partial charge in [-0.05, 0) is 67.1 Å². The molecule has 0 atom stereocenters. The number of nitrogens with one attached hydrogen (secondary N) is 2. The number of carbonyl (C=O) groups excluding carboxylic acids is 3. The van der Waals surface area contributed by atoms with Gasteiger partial charge in [-0.2, -0.15) is 0 Å². The van der Waals surface area contributed by atoms with Crippen molar-refractivity contribution >= 4 is 34.1 Å². The van der Waals surface area contributed by atoms with Crippen molar-refractivity contribution in [3.05, 3.63) is 65.9 Å². The van der Waals surface area contributed by atoms with Gasteiger partial charge in [-0.3, -0.25) is 19.6 Å². The molecule has 1 aromatic heterocycles. The van der Waals surface area contributed by atoms with Crippen LogP contribution in [0, 0.1) is 0 Å². The summed E-state index contributed by atoms with van der Waals surface area (Å²) in [5.41, 5.74) is 2.97. The number of benzene rings is 2. The summed E-state index contributed by atoms with van der Waals surface area (Å²) in [6.07, 6.45) is 1.22. The second kappa shape index (κ2) is 10.3. The van der Waals surface area contributed by atoms with Gasteiger partial charge >= 0.3 is 0 Å². The molecule has 0 aliphatic heterocycles. The van der Waals surface area contributed by atoms with Crippen LogP contribution in [-0.2, 0) is 9.59 Å². The van der Waals surface area contributed by atoms with Gasteiger partial charge in [0.25, 0.3) is 11.8 Å². The summed E-state index contributed by atoms with van der Waals surface area (Å²) < 4.78 is 16.4. The molecule has 2 aromatic carbocycles. The fraction of sp³-hybridized carbons (Fsp3) is 0.174. The van der Waals surface area contributed by atoms with E-state index in [0.717, 1.165) is 5.39 Å². The van der Waals surface area contributed by atoms with E-state index in [0.29, 0.717) is 28.4 Å². The average Bonchev–Trinajstić information content (AvgIpc) is 3.25. The van der Waals surface area contributed by atoms with Crippen LogP contribution >= 0.6 is 0 Å². The Morgan fingerprint density at radius 2 is 1.78 bits per heavy atom. The van der Waals surface area contributed by atoms with Crippen LogP contribution in [0.2, 0.25) is 0 Å². The third kappa shape index (κ3) is 5.52. The summed E-state index contributed by atoms with van der Waals surface area (Å²) in [6, 6.07) is 13.2. The number of hydrogen-bond donors (Lipinski definition) is 3. The summed E-state index contributed by atoms with van der Waals surface area (Å²) >= 11 is 0. The smallest absolute Gasteiger partial charge is 0.291 e. The van der Waals surface area contributed by atoms with Crippen molar-refractivity contribution in [3.8, 4) is 11.5 Å². The molecule has 0 fully saturated rings. The lowest BCUT2D eigenvalue weighted by atomic mass is 10.1. The topological polar surface area (TPSA) is 127 Å². The summed E-state index contributed by atoms with van der Waals surface area (Å²) in [5, 5.41) is 11.9. The van der Waals surface area contributed by atoms with Gasteiger partial charge in [0.1, 0.15) is 29.4 Å². The number of hydroxylamine groups is 1. The Labute approximate surface area is 183 Å². The average molecular weight is 438 g/mol. The standard InChI is InChI=1S/C23H22N2O7/c1-14(21-13-16-12-18(30-2)7-8-20(16)32-21)11-19(26)23(28)24-9-10-31-17-5-3-15(4-6-17)22(27)25-29/h3-8,11-13,29H,9-10H2,1-2H3,(H,24,28)(H,25,27). The van der Waals surface area contributed by atoms with Gasteiger partial charge in [0, 0.05) is 10.9 Å². The normalized spacial score (nSPS) is 11.2. The van der Waals surface area contributed by atoms with E-state index >= 15 is 0 Å². The highest BCUT2D eigenvalue weighted by Gasteiger charge is 2.13. The zero-order valence-corrected chi connectivity index (χ0v) is 17.5. The zero-order chi connectivity index (χ0) is 23.1. The Bertz CT molecular complexity index is 1160. The minimum absolute atomic E-state index is 0.112. The second-order valence-electron chi connectivity index (χ2n) is 6.78. The maximum absolute atomic E-state index is 12.2. The lowest BCUT2D eigenvalue weighted by Gasteiger charge is -2.07. The maximum atomic E-state index is 12.2. The molecule has 0 unspecified atom stereocenters. The molecular weight excluding hydrogens is 416 g/mol. The van der Waals surface area contributed by atoms with Crippen molar-refractivity contribution in [2.75, 3.05) is 20.3 Å². The summed E-state index contributed by atoms with van der Waals surface area (Å²) in [4.78, 5) is 35.5. The Balaban J connectivity index is 1.50. The van der Waals surface area contributed by atoms with E-state index in [2.05, 4.69) is 5.32 Å². The molecule has 0 saturated heterocycles. The first kappa shape index (κ1) is 22.6. The van der Waals surface area contributed by atoms with Crippen LogP contribution in [0.1, 0.15) is 23.0 Å². The molecule has 3 rings (SSSR count). The number of furan rings is 1. The Hall–Kier alpha value is -4.11. The lowest BCUT2D eigenvalue weighted by Crippen LogP contribution is -2.33. The van der Waals surface area contributed by atoms with Crippen LogP contribution in [0.3, 0.4) is 0 Å². The SMILES string of the molecule is COc1ccc2oc(C(C)=CC(=O)C(=O)NCCOc3ccc(C(=O)NO)cc3)cc2c1. The Morgan fingerprint density at radius 1 is 1.06 bits per heavy atom. The number of ketones is 1. The molecule has 2 amide bonds. The van der Waals surface area contributed by atoms with Gasteiger partial charge in [0.05, 0.1) is 13.7 Å². The van der Waals surface area contributed by atoms with Crippen molar-refractivity contribution in [2.45, 2.75) is 6.92 Å². The predicted octanol–water partition coefficient (Wildman–Crippen LogP) is 2.73. The minimum Gasteiger partial charge on any atom is -0.497 e. The minimum atomic E-state index is -0.763.